The standard InChI is InChI=1S/C9H15NO2/c1-4-10-9(12)6-5-8(11)7(2)3/h5-7H,4H2,1-3H3,(H,10,12)/b6-5+. The molecule has 0 spiro atoms. The molecule has 3 nitrogen and oxygen atoms in total. The zero-order chi connectivity index (χ0) is 9.56. The zero-order valence-electron chi connectivity index (χ0n) is 7.76. The van der Waals surface area contributed by atoms with Gasteiger partial charge in [-0.2, -0.15) is 0 Å². The lowest BCUT2D eigenvalue weighted by Crippen LogP contribution is -2.20. The molecule has 0 aromatic carbocycles. The number of rotatable bonds is 4. The van der Waals surface area contributed by atoms with Crippen LogP contribution in [0.15, 0.2) is 12.2 Å². The monoisotopic (exact) mass is 169 g/mol. The number of ketones is 1. The SMILES string of the molecule is CCNC(=O)/C=C/C(=O)C(C)C. The van der Waals surface area contributed by atoms with Crippen LogP contribution in [-0.4, -0.2) is 18.2 Å². The van der Waals surface area contributed by atoms with Gasteiger partial charge in [0.1, 0.15) is 0 Å². The fraction of sp³-hybridized carbons (Fsp3) is 0.556. The number of nitrogens with one attached hydrogen (secondary N) is 1. The molecule has 0 atom stereocenters. The lowest BCUT2D eigenvalue weighted by molar-refractivity contribution is -0.119. The van der Waals surface area contributed by atoms with Gasteiger partial charge in [-0.3, -0.25) is 9.59 Å². The number of carbonyl (C=O) groups excluding carboxylic acids is 2. The van der Waals surface area contributed by atoms with E-state index in [9.17, 15) is 9.59 Å². The van der Waals surface area contributed by atoms with Gasteiger partial charge in [-0.1, -0.05) is 13.8 Å². The topological polar surface area (TPSA) is 46.2 Å². The van der Waals surface area contributed by atoms with E-state index < -0.39 is 0 Å². The molecule has 0 heterocycles. The van der Waals surface area contributed by atoms with Gasteiger partial charge in [0, 0.05) is 18.5 Å². The number of likely N-dealkylation sites (N-methyl/N-ethyl adjacent to an activating group) is 1. The van der Waals surface area contributed by atoms with E-state index in [2.05, 4.69) is 5.32 Å². The Bertz CT molecular complexity index is 195. The minimum atomic E-state index is -0.216. The first-order valence-corrected chi connectivity index (χ1v) is 4.07. The molecular weight excluding hydrogens is 154 g/mol. The van der Waals surface area contributed by atoms with E-state index in [0.717, 1.165) is 0 Å². The van der Waals surface area contributed by atoms with Crippen molar-refractivity contribution in [3.63, 3.8) is 0 Å². The number of hydrogen-bond acceptors (Lipinski definition) is 2. The summed E-state index contributed by atoms with van der Waals surface area (Å²) >= 11 is 0. The van der Waals surface area contributed by atoms with E-state index in [1.807, 2.05) is 6.92 Å². The fourth-order valence-corrected chi connectivity index (χ4v) is 0.583. The van der Waals surface area contributed by atoms with Crippen LogP contribution in [0.2, 0.25) is 0 Å². The number of allylic oxidation sites excluding steroid dienone is 1. The first kappa shape index (κ1) is 10.9. The summed E-state index contributed by atoms with van der Waals surface area (Å²) in [6.45, 7) is 6.00. The van der Waals surface area contributed by atoms with Gasteiger partial charge in [-0.15, -0.1) is 0 Å². The first-order chi connectivity index (χ1) is 5.57. The van der Waals surface area contributed by atoms with Gasteiger partial charge in [0.05, 0.1) is 0 Å². The van der Waals surface area contributed by atoms with E-state index in [1.165, 1.54) is 12.2 Å². The molecule has 0 fully saturated rings. The van der Waals surface area contributed by atoms with Gasteiger partial charge in [-0.25, -0.2) is 0 Å². The van der Waals surface area contributed by atoms with E-state index in [1.54, 1.807) is 13.8 Å². The van der Waals surface area contributed by atoms with Gasteiger partial charge in [0.2, 0.25) is 5.91 Å². The lowest BCUT2D eigenvalue weighted by atomic mass is 10.1. The molecule has 0 saturated heterocycles. The second-order valence-corrected chi connectivity index (χ2v) is 2.78. The molecule has 1 N–H and O–H groups in total. The third-order valence-corrected chi connectivity index (χ3v) is 1.32. The highest BCUT2D eigenvalue weighted by atomic mass is 16.1. The Morgan fingerprint density at radius 2 is 1.92 bits per heavy atom. The molecule has 0 unspecified atom stereocenters. The van der Waals surface area contributed by atoms with Crippen molar-refractivity contribution in [2.75, 3.05) is 6.54 Å². The van der Waals surface area contributed by atoms with Crippen molar-refractivity contribution in [3.8, 4) is 0 Å². The molecule has 1 amide bonds. The molecule has 0 aliphatic carbocycles. The Labute approximate surface area is 72.8 Å². The van der Waals surface area contributed by atoms with Crippen molar-refractivity contribution >= 4 is 11.7 Å². The van der Waals surface area contributed by atoms with Crippen LogP contribution >= 0.6 is 0 Å². The summed E-state index contributed by atoms with van der Waals surface area (Å²) < 4.78 is 0. The molecule has 0 bridgehead atoms. The Morgan fingerprint density at radius 1 is 1.33 bits per heavy atom. The van der Waals surface area contributed by atoms with Crippen molar-refractivity contribution in [2.24, 2.45) is 5.92 Å². The van der Waals surface area contributed by atoms with Crippen molar-refractivity contribution in [2.45, 2.75) is 20.8 Å². The van der Waals surface area contributed by atoms with E-state index in [0.29, 0.717) is 6.54 Å². The highest BCUT2D eigenvalue weighted by Gasteiger charge is 2.02. The summed E-state index contributed by atoms with van der Waals surface area (Å²) in [7, 11) is 0. The number of amides is 1. The maximum absolute atomic E-state index is 11.0. The van der Waals surface area contributed by atoms with E-state index >= 15 is 0 Å². The predicted octanol–water partition coefficient (Wildman–Crippen LogP) is 0.904. The Morgan fingerprint density at radius 3 is 2.33 bits per heavy atom. The second-order valence-electron chi connectivity index (χ2n) is 2.78. The second kappa shape index (κ2) is 5.52. The van der Waals surface area contributed by atoms with Crippen LogP contribution in [0.4, 0.5) is 0 Å². The number of hydrogen-bond donors (Lipinski definition) is 1. The van der Waals surface area contributed by atoms with Crippen LogP contribution < -0.4 is 5.32 Å². The highest BCUT2D eigenvalue weighted by molar-refractivity contribution is 5.98. The molecule has 0 aromatic rings. The normalized spacial score (nSPS) is 10.7. The van der Waals surface area contributed by atoms with Crippen LogP contribution in [-0.2, 0) is 9.59 Å². The average molecular weight is 169 g/mol. The molecule has 0 aliphatic heterocycles. The Balaban J connectivity index is 3.90. The molecule has 0 aliphatic rings. The van der Waals surface area contributed by atoms with E-state index in [-0.39, 0.29) is 17.6 Å². The van der Waals surface area contributed by atoms with Crippen LogP contribution in [0, 0.1) is 5.92 Å². The summed E-state index contributed by atoms with van der Waals surface area (Å²) in [4.78, 5) is 21.8. The fourth-order valence-electron chi connectivity index (χ4n) is 0.583. The molecule has 68 valence electrons. The third kappa shape index (κ3) is 4.66. The Kier molecular flexibility index (Phi) is 5.00. The highest BCUT2D eigenvalue weighted by Crippen LogP contribution is 1.94. The molecule has 0 aromatic heterocycles. The molecular formula is C9H15NO2. The third-order valence-electron chi connectivity index (χ3n) is 1.32. The van der Waals surface area contributed by atoms with Gasteiger partial charge in [0.15, 0.2) is 5.78 Å². The van der Waals surface area contributed by atoms with Crippen LogP contribution in [0.1, 0.15) is 20.8 Å². The van der Waals surface area contributed by atoms with Gasteiger partial charge >= 0.3 is 0 Å². The predicted molar refractivity (Wildman–Crippen MR) is 47.7 cm³/mol. The molecule has 0 saturated carbocycles. The minimum absolute atomic E-state index is 0.0266. The maximum Gasteiger partial charge on any atom is 0.244 e. The van der Waals surface area contributed by atoms with Crippen molar-refractivity contribution in [1.82, 2.24) is 5.32 Å². The van der Waals surface area contributed by atoms with Crippen LogP contribution in [0.3, 0.4) is 0 Å². The van der Waals surface area contributed by atoms with Crippen molar-refractivity contribution in [3.05, 3.63) is 12.2 Å². The smallest absolute Gasteiger partial charge is 0.244 e. The van der Waals surface area contributed by atoms with Crippen LogP contribution in [0.5, 0.6) is 0 Å². The van der Waals surface area contributed by atoms with Gasteiger partial charge < -0.3 is 5.32 Å². The summed E-state index contributed by atoms with van der Waals surface area (Å²) in [5.74, 6) is -0.288. The minimum Gasteiger partial charge on any atom is -0.353 e. The molecule has 0 radical (unpaired) electrons. The molecule has 0 rings (SSSR count). The zero-order valence-corrected chi connectivity index (χ0v) is 7.76. The summed E-state index contributed by atoms with van der Waals surface area (Å²) in [5.41, 5.74) is 0. The van der Waals surface area contributed by atoms with Gasteiger partial charge in [0.25, 0.3) is 0 Å². The molecule has 12 heavy (non-hydrogen) atoms. The Hall–Kier alpha value is -1.12. The van der Waals surface area contributed by atoms with Crippen LogP contribution in [0.25, 0.3) is 0 Å². The lowest BCUT2D eigenvalue weighted by Gasteiger charge is -1.97. The summed E-state index contributed by atoms with van der Waals surface area (Å²) in [5, 5.41) is 2.56. The average Bonchev–Trinajstić information content (AvgIpc) is 2.00. The van der Waals surface area contributed by atoms with Crippen molar-refractivity contribution in [1.29, 1.82) is 0 Å². The molecule has 3 heteroatoms. The number of carbonyl (C=O) groups is 2. The summed E-state index contributed by atoms with van der Waals surface area (Å²) in [6.07, 6.45) is 2.58. The largest absolute Gasteiger partial charge is 0.353 e. The van der Waals surface area contributed by atoms with E-state index in [4.69, 9.17) is 0 Å². The van der Waals surface area contributed by atoms with Crippen molar-refractivity contribution < 1.29 is 9.59 Å². The maximum atomic E-state index is 11.0. The van der Waals surface area contributed by atoms with Gasteiger partial charge in [-0.05, 0) is 13.0 Å². The summed E-state index contributed by atoms with van der Waals surface area (Å²) in [6, 6.07) is 0. The quantitative estimate of drug-likeness (QED) is 0.636. The first-order valence-electron chi connectivity index (χ1n) is 4.07.